The van der Waals surface area contributed by atoms with Gasteiger partial charge in [0.2, 0.25) is 5.76 Å². The average molecular weight is 346 g/mol. The van der Waals surface area contributed by atoms with E-state index < -0.39 is 18.5 Å². The summed E-state index contributed by atoms with van der Waals surface area (Å²) >= 11 is 1.30. The first-order valence-corrected chi connectivity index (χ1v) is 7.93. The number of thiazole rings is 1. The quantitative estimate of drug-likeness (QED) is 0.686. The Hall–Kier alpha value is -2.94. The minimum atomic E-state index is -0.702. The second-order valence-corrected chi connectivity index (χ2v) is 5.75. The Kier molecular flexibility index (Phi) is 4.71. The highest BCUT2D eigenvalue weighted by molar-refractivity contribution is 7.13. The number of anilines is 1. The second kappa shape index (κ2) is 7.09. The van der Waals surface area contributed by atoms with Crippen molar-refractivity contribution in [2.24, 2.45) is 0 Å². The van der Waals surface area contributed by atoms with E-state index in [4.69, 9.17) is 9.15 Å². The van der Waals surface area contributed by atoms with Gasteiger partial charge in [0.15, 0.2) is 11.7 Å². The molecular formula is C15H14N4O4S. The minimum Gasteiger partial charge on any atom is -0.452 e. The summed E-state index contributed by atoms with van der Waals surface area (Å²) in [5.41, 5.74) is 0.813. The normalized spacial score (nSPS) is 10.5. The van der Waals surface area contributed by atoms with E-state index in [0.29, 0.717) is 17.4 Å². The number of ether oxygens (including phenoxy) is 1. The van der Waals surface area contributed by atoms with Crippen molar-refractivity contribution < 1.29 is 18.7 Å². The smallest absolute Gasteiger partial charge is 0.374 e. The average Bonchev–Trinajstić information content (AvgIpc) is 3.28. The highest BCUT2D eigenvalue weighted by atomic mass is 32.1. The highest BCUT2D eigenvalue weighted by Gasteiger charge is 2.15. The molecule has 24 heavy (non-hydrogen) atoms. The number of aromatic nitrogens is 3. The van der Waals surface area contributed by atoms with Gasteiger partial charge in [-0.1, -0.05) is 0 Å². The van der Waals surface area contributed by atoms with Crippen molar-refractivity contribution >= 4 is 28.3 Å². The van der Waals surface area contributed by atoms with Gasteiger partial charge < -0.3 is 9.15 Å². The van der Waals surface area contributed by atoms with Crippen molar-refractivity contribution in [2.75, 3.05) is 11.9 Å². The molecule has 3 aromatic rings. The minimum absolute atomic E-state index is 0.0371. The van der Waals surface area contributed by atoms with Crippen LogP contribution in [-0.4, -0.2) is 33.2 Å². The Morgan fingerprint density at radius 3 is 3.00 bits per heavy atom. The first-order valence-electron chi connectivity index (χ1n) is 7.05. The van der Waals surface area contributed by atoms with Gasteiger partial charge in [-0.05, 0) is 25.1 Å². The second-order valence-electron chi connectivity index (χ2n) is 4.89. The lowest BCUT2D eigenvalue weighted by atomic mass is 10.4. The Morgan fingerprint density at radius 1 is 1.42 bits per heavy atom. The molecule has 0 spiro atoms. The molecule has 0 saturated heterocycles. The van der Waals surface area contributed by atoms with Gasteiger partial charge in [-0.3, -0.25) is 14.8 Å². The molecule has 0 atom stereocenters. The molecule has 0 saturated carbocycles. The number of nitrogens with zero attached hydrogens (tertiary/aromatic N) is 3. The van der Waals surface area contributed by atoms with Crippen LogP contribution < -0.4 is 5.32 Å². The molecule has 3 rings (SSSR count). The van der Waals surface area contributed by atoms with Crippen LogP contribution in [0.3, 0.4) is 0 Å². The lowest BCUT2D eigenvalue weighted by Crippen LogP contribution is -2.20. The number of hydrogen-bond acceptors (Lipinski definition) is 7. The van der Waals surface area contributed by atoms with Gasteiger partial charge in [0.25, 0.3) is 5.91 Å². The highest BCUT2D eigenvalue weighted by Crippen LogP contribution is 2.14. The number of amides is 1. The molecular weight excluding hydrogens is 332 g/mol. The van der Waals surface area contributed by atoms with E-state index in [-0.39, 0.29) is 5.76 Å². The number of nitrogens with one attached hydrogen (secondary N) is 1. The number of hydrogen-bond donors (Lipinski definition) is 1. The molecule has 0 aromatic carbocycles. The molecule has 0 unspecified atom stereocenters. The summed E-state index contributed by atoms with van der Waals surface area (Å²) < 4.78 is 12.0. The van der Waals surface area contributed by atoms with Crippen LogP contribution in [0.1, 0.15) is 22.0 Å². The molecule has 0 fully saturated rings. The first kappa shape index (κ1) is 15.9. The topological polar surface area (TPSA) is 99.2 Å². The summed E-state index contributed by atoms with van der Waals surface area (Å²) in [5, 5.41) is 8.88. The Labute approximate surface area is 141 Å². The molecule has 9 heteroatoms. The fourth-order valence-electron chi connectivity index (χ4n) is 1.90. The van der Waals surface area contributed by atoms with E-state index in [0.717, 1.165) is 5.69 Å². The van der Waals surface area contributed by atoms with Crippen molar-refractivity contribution in [3.8, 4) is 0 Å². The molecule has 1 amide bonds. The van der Waals surface area contributed by atoms with Crippen LogP contribution in [-0.2, 0) is 16.1 Å². The van der Waals surface area contributed by atoms with Crippen LogP contribution in [0.15, 0.2) is 40.4 Å². The van der Waals surface area contributed by atoms with Crippen molar-refractivity contribution in [1.82, 2.24) is 14.8 Å². The standard InChI is InChI=1S/C15H14N4O4S/c1-10-9-24-15(17-10)18-13(20)8-22-14(21)12-4-3-11(23-12)7-19-6-2-5-16-19/h2-6,9H,7-8H2,1H3,(H,17,18,20). The zero-order valence-corrected chi connectivity index (χ0v) is 13.6. The molecule has 8 nitrogen and oxygen atoms in total. The fraction of sp³-hybridized carbons (Fsp3) is 0.200. The van der Waals surface area contributed by atoms with Crippen molar-refractivity contribution in [3.05, 3.63) is 53.2 Å². The summed E-state index contributed by atoms with van der Waals surface area (Å²) in [4.78, 5) is 27.7. The molecule has 0 radical (unpaired) electrons. The molecule has 0 bridgehead atoms. The lowest BCUT2D eigenvalue weighted by Gasteiger charge is -2.03. The Bertz CT molecular complexity index is 837. The molecule has 0 aliphatic heterocycles. The summed E-state index contributed by atoms with van der Waals surface area (Å²) in [6.07, 6.45) is 3.44. The number of carbonyl (C=O) groups excluding carboxylic acids is 2. The zero-order chi connectivity index (χ0) is 16.9. The van der Waals surface area contributed by atoms with Gasteiger partial charge in [-0.2, -0.15) is 5.10 Å². The van der Waals surface area contributed by atoms with E-state index in [9.17, 15) is 9.59 Å². The Morgan fingerprint density at radius 2 is 2.29 bits per heavy atom. The van der Waals surface area contributed by atoms with E-state index >= 15 is 0 Å². The van der Waals surface area contributed by atoms with Crippen LogP contribution in [0.2, 0.25) is 0 Å². The maximum Gasteiger partial charge on any atom is 0.374 e. The summed E-state index contributed by atoms with van der Waals surface area (Å²) in [7, 11) is 0. The van der Waals surface area contributed by atoms with Gasteiger partial charge in [0, 0.05) is 17.8 Å². The van der Waals surface area contributed by atoms with Gasteiger partial charge in [0.05, 0.1) is 12.2 Å². The summed E-state index contributed by atoms with van der Waals surface area (Å²) in [5.74, 6) is -0.559. The largest absolute Gasteiger partial charge is 0.452 e. The van der Waals surface area contributed by atoms with Crippen molar-refractivity contribution in [2.45, 2.75) is 13.5 Å². The predicted octanol–water partition coefficient (Wildman–Crippen LogP) is 2.08. The molecule has 0 aliphatic rings. The van der Waals surface area contributed by atoms with Gasteiger partial charge in [0.1, 0.15) is 5.76 Å². The predicted molar refractivity (Wildman–Crippen MR) is 85.8 cm³/mol. The molecule has 3 aromatic heterocycles. The first-order chi connectivity index (χ1) is 11.6. The van der Waals surface area contributed by atoms with Crippen LogP contribution >= 0.6 is 11.3 Å². The van der Waals surface area contributed by atoms with Gasteiger partial charge in [-0.25, -0.2) is 9.78 Å². The summed E-state index contributed by atoms with van der Waals surface area (Å²) in [6, 6.07) is 4.96. The number of carbonyl (C=O) groups is 2. The van der Waals surface area contributed by atoms with Crippen molar-refractivity contribution in [1.29, 1.82) is 0 Å². The zero-order valence-electron chi connectivity index (χ0n) is 12.8. The van der Waals surface area contributed by atoms with E-state index in [2.05, 4.69) is 15.4 Å². The third kappa shape index (κ3) is 4.07. The number of rotatable bonds is 6. The number of esters is 1. The molecule has 1 N–H and O–H groups in total. The van der Waals surface area contributed by atoms with Crippen LogP contribution in [0.25, 0.3) is 0 Å². The van der Waals surface area contributed by atoms with E-state index in [1.54, 1.807) is 29.2 Å². The third-order valence-electron chi connectivity index (χ3n) is 2.94. The van der Waals surface area contributed by atoms with E-state index in [1.165, 1.54) is 17.4 Å². The van der Waals surface area contributed by atoms with Gasteiger partial charge >= 0.3 is 5.97 Å². The Balaban J connectivity index is 1.49. The number of furan rings is 1. The molecule has 0 aliphatic carbocycles. The van der Waals surface area contributed by atoms with Crippen LogP contribution in [0, 0.1) is 6.92 Å². The van der Waals surface area contributed by atoms with Crippen LogP contribution in [0.5, 0.6) is 0 Å². The maximum absolute atomic E-state index is 11.9. The molecule has 3 heterocycles. The number of aryl methyl sites for hydroxylation is 1. The van der Waals surface area contributed by atoms with E-state index in [1.807, 2.05) is 12.3 Å². The monoisotopic (exact) mass is 346 g/mol. The van der Waals surface area contributed by atoms with Gasteiger partial charge in [-0.15, -0.1) is 11.3 Å². The third-order valence-corrected chi connectivity index (χ3v) is 3.82. The molecule has 124 valence electrons. The van der Waals surface area contributed by atoms with Crippen molar-refractivity contribution in [3.63, 3.8) is 0 Å². The SMILES string of the molecule is Cc1csc(NC(=O)COC(=O)c2ccc(Cn3cccn3)o2)n1. The fourth-order valence-corrected chi connectivity index (χ4v) is 2.60. The van der Waals surface area contributed by atoms with Crippen LogP contribution in [0.4, 0.5) is 5.13 Å². The maximum atomic E-state index is 11.9. The summed E-state index contributed by atoms with van der Waals surface area (Å²) in [6.45, 7) is 1.82. The lowest BCUT2D eigenvalue weighted by molar-refractivity contribution is -0.119.